The molecule has 1 aromatic heterocycles. The Morgan fingerprint density at radius 1 is 1.13 bits per heavy atom. The van der Waals surface area contributed by atoms with Gasteiger partial charge in [-0.25, -0.2) is 0 Å². The molecule has 0 aliphatic heterocycles. The quantitative estimate of drug-likeness (QED) is 0.787. The first-order chi connectivity index (χ1) is 11.0. The number of aryl methyl sites for hydroxylation is 1. The molecule has 0 unspecified atom stereocenters. The van der Waals surface area contributed by atoms with E-state index < -0.39 is 0 Å². The predicted octanol–water partition coefficient (Wildman–Crippen LogP) is 4.51. The van der Waals surface area contributed by atoms with Gasteiger partial charge >= 0.3 is 0 Å². The van der Waals surface area contributed by atoms with Crippen LogP contribution in [0.2, 0.25) is 0 Å². The Labute approximate surface area is 139 Å². The Kier molecular flexibility index (Phi) is 5.90. The van der Waals surface area contributed by atoms with Gasteiger partial charge in [0.05, 0.1) is 6.20 Å². The summed E-state index contributed by atoms with van der Waals surface area (Å²) in [4.78, 5) is 4.51. The molecule has 0 saturated carbocycles. The summed E-state index contributed by atoms with van der Waals surface area (Å²) < 4.78 is 0. The van der Waals surface area contributed by atoms with Crippen molar-refractivity contribution >= 4 is 17.5 Å². The maximum Gasteiger partial charge on any atom is 0.244 e. The lowest BCUT2D eigenvalue weighted by Gasteiger charge is -2.17. The zero-order valence-electron chi connectivity index (χ0n) is 14.7. The van der Waals surface area contributed by atoms with Crippen molar-refractivity contribution in [3.63, 3.8) is 0 Å². The van der Waals surface area contributed by atoms with Crippen molar-refractivity contribution in [3.05, 3.63) is 35.5 Å². The molecule has 5 nitrogen and oxygen atoms in total. The van der Waals surface area contributed by atoms with Crippen molar-refractivity contribution in [2.75, 3.05) is 17.2 Å². The van der Waals surface area contributed by atoms with Gasteiger partial charge in [0.1, 0.15) is 0 Å². The van der Waals surface area contributed by atoms with Crippen LogP contribution in [-0.4, -0.2) is 21.7 Å². The van der Waals surface area contributed by atoms with E-state index in [0.717, 1.165) is 18.7 Å². The summed E-state index contributed by atoms with van der Waals surface area (Å²) in [7, 11) is 0. The lowest BCUT2D eigenvalue weighted by molar-refractivity contribution is 0.605. The Bertz CT molecular complexity index is 637. The number of aromatic nitrogens is 3. The third-order valence-electron chi connectivity index (χ3n) is 3.74. The third kappa shape index (κ3) is 4.91. The van der Waals surface area contributed by atoms with Crippen molar-refractivity contribution in [1.29, 1.82) is 0 Å². The van der Waals surface area contributed by atoms with Gasteiger partial charge in [0.2, 0.25) is 5.95 Å². The molecule has 2 aromatic rings. The number of hydrogen-bond donors (Lipinski definition) is 2. The minimum atomic E-state index is 0.441. The maximum atomic E-state index is 4.51. The van der Waals surface area contributed by atoms with Crippen LogP contribution < -0.4 is 10.6 Å². The third-order valence-corrected chi connectivity index (χ3v) is 3.74. The van der Waals surface area contributed by atoms with Crippen LogP contribution in [0.4, 0.5) is 17.5 Å². The summed E-state index contributed by atoms with van der Waals surface area (Å²) in [6.07, 6.45) is 2.74. The van der Waals surface area contributed by atoms with Crippen molar-refractivity contribution in [1.82, 2.24) is 15.2 Å². The molecule has 0 fully saturated rings. The number of para-hydroxylation sites is 1. The van der Waals surface area contributed by atoms with Crippen molar-refractivity contribution in [2.24, 2.45) is 5.92 Å². The molecule has 0 saturated heterocycles. The average molecular weight is 313 g/mol. The van der Waals surface area contributed by atoms with Gasteiger partial charge < -0.3 is 10.6 Å². The van der Waals surface area contributed by atoms with Gasteiger partial charge in [-0.05, 0) is 36.3 Å². The van der Waals surface area contributed by atoms with Gasteiger partial charge in [-0.1, -0.05) is 45.9 Å². The summed E-state index contributed by atoms with van der Waals surface area (Å²) in [5, 5.41) is 14.7. The van der Waals surface area contributed by atoms with Crippen LogP contribution in [0.25, 0.3) is 0 Å². The summed E-state index contributed by atoms with van der Waals surface area (Å²) in [5.41, 5.74) is 3.58. The fraction of sp³-hybridized carbons (Fsp3) is 0.500. The molecular formula is C18H27N5. The number of nitrogens with zero attached hydrogens (tertiary/aromatic N) is 3. The first-order valence-corrected chi connectivity index (χ1v) is 8.27. The number of hydrogen-bond acceptors (Lipinski definition) is 5. The lowest BCUT2D eigenvalue weighted by atomic mass is 9.98. The minimum absolute atomic E-state index is 0.441. The highest BCUT2D eigenvalue weighted by atomic mass is 15.3. The first kappa shape index (κ1) is 17.2. The van der Waals surface area contributed by atoms with E-state index in [1.54, 1.807) is 6.20 Å². The number of benzene rings is 1. The second-order valence-corrected chi connectivity index (χ2v) is 6.59. The van der Waals surface area contributed by atoms with E-state index in [-0.39, 0.29) is 0 Å². The van der Waals surface area contributed by atoms with Crippen LogP contribution >= 0.6 is 0 Å². The summed E-state index contributed by atoms with van der Waals surface area (Å²) >= 11 is 0. The van der Waals surface area contributed by atoms with Crippen LogP contribution in [0.1, 0.15) is 51.2 Å². The Hall–Kier alpha value is -2.17. The predicted molar refractivity (Wildman–Crippen MR) is 96.3 cm³/mol. The largest absolute Gasteiger partial charge is 0.353 e. The molecule has 1 heterocycles. The van der Waals surface area contributed by atoms with Gasteiger partial charge in [0.15, 0.2) is 5.82 Å². The molecule has 0 spiro atoms. The molecule has 0 aliphatic carbocycles. The Morgan fingerprint density at radius 2 is 1.91 bits per heavy atom. The molecule has 2 N–H and O–H groups in total. The molecule has 0 atom stereocenters. The zero-order chi connectivity index (χ0) is 16.8. The fourth-order valence-corrected chi connectivity index (χ4v) is 2.38. The second-order valence-electron chi connectivity index (χ2n) is 6.59. The summed E-state index contributed by atoms with van der Waals surface area (Å²) in [6, 6.07) is 6.34. The lowest BCUT2D eigenvalue weighted by Crippen LogP contribution is -2.10. The van der Waals surface area contributed by atoms with Gasteiger partial charge in [0, 0.05) is 12.2 Å². The molecule has 0 radical (unpaired) electrons. The van der Waals surface area contributed by atoms with Crippen molar-refractivity contribution < 1.29 is 0 Å². The molecular weight excluding hydrogens is 286 g/mol. The molecule has 5 heteroatoms. The molecule has 1 aromatic carbocycles. The van der Waals surface area contributed by atoms with Crippen molar-refractivity contribution in [3.8, 4) is 0 Å². The molecule has 2 rings (SSSR count). The van der Waals surface area contributed by atoms with E-state index in [0.29, 0.717) is 23.6 Å². The number of nitrogens with one attached hydrogen (secondary N) is 2. The van der Waals surface area contributed by atoms with E-state index in [1.807, 2.05) is 0 Å². The Morgan fingerprint density at radius 3 is 2.61 bits per heavy atom. The Balaban J connectivity index is 2.15. The molecule has 124 valence electrons. The zero-order valence-corrected chi connectivity index (χ0v) is 14.7. The molecule has 0 amide bonds. The van der Waals surface area contributed by atoms with E-state index >= 15 is 0 Å². The van der Waals surface area contributed by atoms with Crippen LogP contribution in [0.15, 0.2) is 24.4 Å². The van der Waals surface area contributed by atoms with Gasteiger partial charge in [-0.3, -0.25) is 0 Å². The van der Waals surface area contributed by atoms with Crippen LogP contribution in [0.3, 0.4) is 0 Å². The van der Waals surface area contributed by atoms with Crippen LogP contribution in [0, 0.1) is 12.8 Å². The van der Waals surface area contributed by atoms with E-state index in [1.165, 1.54) is 11.1 Å². The minimum Gasteiger partial charge on any atom is -0.353 e. The first-order valence-electron chi connectivity index (χ1n) is 8.27. The summed E-state index contributed by atoms with van der Waals surface area (Å²) in [6.45, 7) is 11.7. The normalized spacial score (nSPS) is 11.1. The van der Waals surface area contributed by atoms with E-state index in [2.05, 4.69) is 78.6 Å². The molecule has 0 aliphatic rings. The van der Waals surface area contributed by atoms with Gasteiger partial charge in [0.25, 0.3) is 0 Å². The highest BCUT2D eigenvalue weighted by molar-refractivity contribution is 5.65. The summed E-state index contributed by atoms with van der Waals surface area (Å²) in [5.74, 6) is 2.37. The highest BCUT2D eigenvalue weighted by Gasteiger charge is 2.10. The maximum absolute atomic E-state index is 4.51. The van der Waals surface area contributed by atoms with Crippen molar-refractivity contribution in [2.45, 2.75) is 47.0 Å². The fourth-order valence-electron chi connectivity index (χ4n) is 2.38. The topological polar surface area (TPSA) is 62.7 Å². The monoisotopic (exact) mass is 313 g/mol. The van der Waals surface area contributed by atoms with Crippen LogP contribution in [-0.2, 0) is 0 Å². The second kappa shape index (κ2) is 7.90. The van der Waals surface area contributed by atoms with E-state index in [4.69, 9.17) is 0 Å². The standard InChI is InChI=1S/C18H27N5/c1-12(2)9-10-19-18-22-16(11-20-23-18)21-17-14(5)7-6-8-15(17)13(3)4/h6-8,11-13H,9-10H2,1-5H3,(H2,19,21,22,23). The highest BCUT2D eigenvalue weighted by Crippen LogP contribution is 2.29. The van der Waals surface area contributed by atoms with E-state index in [9.17, 15) is 0 Å². The smallest absolute Gasteiger partial charge is 0.244 e. The van der Waals surface area contributed by atoms with Crippen LogP contribution in [0.5, 0.6) is 0 Å². The molecule has 23 heavy (non-hydrogen) atoms. The SMILES string of the molecule is Cc1cccc(C(C)C)c1Nc1cnnc(NCCC(C)C)n1. The average Bonchev–Trinajstić information content (AvgIpc) is 2.49. The van der Waals surface area contributed by atoms with Gasteiger partial charge in [-0.15, -0.1) is 5.10 Å². The van der Waals surface area contributed by atoms with Gasteiger partial charge in [-0.2, -0.15) is 10.1 Å². The number of rotatable bonds is 7. The number of anilines is 3. The molecule has 0 bridgehead atoms.